The highest BCUT2D eigenvalue weighted by Gasteiger charge is 2.28. The highest BCUT2D eigenvalue weighted by molar-refractivity contribution is 14.0. The van der Waals surface area contributed by atoms with Crippen molar-refractivity contribution in [3.63, 3.8) is 0 Å². The topological polar surface area (TPSA) is 126 Å². The molecule has 1 atom stereocenters. The summed E-state index contributed by atoms with van der Waals surface area (Å²) in [6.07, 6.45) is 0.567. The molecule has 1 saturated heterocycles. The van der Waals surface area contributed by atoms with Crippen LogP contribution in [0.4, 0.5) is 11.4 Å². The SMILES string of the molecule is CN=C(NCCNc1ccccc1[N+](=O)[O-])NC1CCS(=O)(=O)C1.I. The van der Waals surface area contributed by atoms with Crippen molar-refractivity contribution in [2.45, 2.75) is 12.5 Å². The average Bonchev–Trinajstić information content (AvgIpc) is 2.89. The summed E-state index contributed by atoms with van der Waals surface area (Å²) in [6.45, 7) is 0.930. The van der Waals surface area contributed by atoms with Crippen molar-refractivity contribution in [3.8, 4) is 0 Å². The van der Waals surface area contributed by atoms with Crippen molar-refractivity contribution in [2.75, 3.05) is 37.0 Å². The van der Waals surface area contributed by atoms with Gasteiger partial charge in [-0.25, -0.2) is 8.42 Å². The van der Waals surface area contributed by atoms with Gasteiger partial charge in [-0.05, 0) is 12.5 Å². The third-order valence-electron chi connectivity index (χ3n) is 3.63. The number of benzene rings is 1. The molecule has 11 heteroatoms. The van der Waals surface area contributed by atoms with E-state index in [1.807, 2.05) is 0 Å². The molecule has 3 N–H and O–H groups in total. The lowest BCUT2D eigenvalue weighted by molar-refractivity contribution is -0.384. The summed E-state index contributed by atoms with van der Waals surface area (Å²) < 4.78 is 22.9. The second-order valence-corrected chi connectivity index (χ2v) is 7.67. The second-order valence-electron chi connectivity index (χ2n) is 5.44. The second kappa shape index (κ2) is 9.75. The minimum absolute atomic E-state index is 0. The molecule has 0 aliphatic carbocycles. The van der Waals surface area contributed by atoms with Gasteiger partial charge in [0.15, 0.2) is 15.8 Å². The zero-order chi connectivity index (χ0) is 17.6. The molecule has 0 bridgehead atoms. The molecule has 9 nitrogen and oxygen atoms in total. The summed E-state index contributed by atoms with van der Waals surface area (Å²) in [7, 11) is -1.34. The van der Waals surface area contributed by atoms with Gasteiger partial charge >= 0.3 is 0 Å². The number of hydrogen-bond acceptors (Lipinski definition) is 6. The zero-order valence-electron chi connectivity index (χ0n) is 13.8. The Morgan fingerprint density at radius 1 is 1.36 bits per heavy atom. The molecule has 140 valence electrons. The molecule has 1 heterocycles. The van der Waals surface area contributed by atoms with Crippen LogP contribution in [-0.2, 0) is 9.84 Å². The Labute approximate surface area is 163 Å². The van der Waals surface area contributed by atoms with Crippen molar-refractivity contribution in [1.82, 2.24) is 10.6 Å². The molecule has 0 amide bonds. The van der Waals surface area contributed by atoms with Crippen LogP contribution in [-0.4, -0.2) is 57.0 Å². The molecule has 1 unspecified atom stereocenters. The molecule has 0 saturated carbocycles. The Morgan fingerprint density at radius 3 is 2.68 bits per heavy atom. The van der Waals surface area contributed by atoms with E-state index in [9.17, 15) is 18.5 Å². The Balaban J connectivity index is 0.00000312. The van der Waals surface area contributed by atoms with Crippen LogP contribution < -0.4 is 16.0 Å². The highest BCUT2D eigenvalue weighted by Crippen LogP contribution is 2.22. The average molecular weight is 483 g/mol. The molecule has 1 aliphatic rings. The fourth-order valence-electron chi connectivity index (χ4n) is 2.46. The van der Waals surface area contributed by atoms with Crippen LogP contribution >= 0.6 is 24.0 Å². The number of halogens is 1. The number of aliphatic imine (C=N–C) groups is 1. The van der Waals surface area contributed by atoms with E-state index in [4.69, 9.17) is 0 Å². The van der Waals surface area contributed by atoms with Gasteiger partial charge in [-0.2, -0.15) is 0 Å². The minimum atomic E-state index is -2.94. The molecule has 25 heavy (non-hydrogen) atoms. The zero-order valence-corrected chi connectivity index (χ0v) is 16.9. The summed E-state index contributed by atoms with van der Waals surface area (Å²) >= 11 is 0. The first-order chi connectivity index (χ1) is 11.4. The predicted molar refractivity (Wildman–Crippen MR) is 109 cm³/mol. The smallest absolute Gasteiger partial charge is 0.292 e. The van der Waals surface area contributed by atoms with Crippen LogP contribution in [0.2, 0.25) is 0 Å². The molecule has 0 radical (unpaired) electrons. The summed E-state index contributed by atoms with van der Waals surface area (Å²) in [5, 5.41) is 20.1. The molecular weight excluding hydrogens is 461 g/mol. The summed E-state index contributed by atoms with van der Waals surface area (Å²) in [5.74, 6) is 0.824. The van der Waals surface area contributed by atoms with Crippen molar-refractivity contribution in [2.24, 2.45) is 4.99 Å². The standard InChI is InChI=1S/C14H21N5O4S.HI/c1-15-14(18-11-6-9-24(22,23)10-11)17-8-7-16-12-4-2-3-5-13(12)19(20)21;/h2-5,11,16H,6-10H2,1H3,(H2,15,17,18);1H. The Kier molecular flexibility index (Phi) is 8.35. The first-order valence-electron chi connectivity index (χ1n) is 7.56. The normalized spacial score (nSPS) is 18.9. The Hall–Kier alpha value is -1.63. The monoisotopic (exact) mass is 483 g/mol. The van der Waals surface area contributed by atoms with Gasteiger partial charge in [-0.1, -0.05) is 12.1 Å². The fraction of sp³-hybridized carbons (Fsp3) is 0.500. The van der Waals surface area contributed by atoms with E-state index in [-0.39, 0.29) is 47.2 Å². The summed E-state index contributed by atoms with van der Waals surface area (Å²) in [5.41, 5.74) is 0.477. The number of guanidine groups is 1. The number of nitrogens with zero attached hydrogens (tertiary/aromatic N) is 2. The minimum Gasteiger partial charge on any atom is -0.378 e. The van der Waals surface area contributed by atoms with E-state index >= 15 is 0 Å². The quantitative estimate of drug-likeness (QED) is 0.138. The lowest BCUT2D eigenvalue weighted by Crippen LogP contribution is -2.45. The number of rotatable bonds is 6. The van der Waals surface area contributed by atoms with Gasteiger partial charge in [0.2, 0.25) is 0 Å². The maximum atomic E-state index is 11.4. The number of anilines is 1. The van der Waals surface area contributed by atoms with Crippen LogP contribution in [0.3, 0.4) is 0 Å². The largest absolute Gasteiger partial charge is 0.378 e. The first-order valence-corrected chi connectivity index (χ1v) is 9.38. The lowest BCUT2D eigenvalue weighted by Gasteiger charge is -2.16. The molecular formula is C14H22IN5O4S. The van der Waals surface area contributed by atoms with Crippen molar-refractivity contribution >= 4 is 51.1 Å². The van der Waals surface area contributed by atoms with Crippen LogP contribution in [0.15, 0.2) is 29.3 Å². The van der Waals surface area contributed by atoms with Gasteiger partial charge in [0.25, 0.3) is 5.69 Å². The van der Waals surface area contributed by atoms with E-state index in [0.29, 0.717) is 31.2 Å². The van der Waals surface area contributed by atoms with Gasteiger partial charge in [0, 0.05) is 32.2 Å². The van der Waals surface area contributed by atoms with Crippen LogP contribution in [0, 0.1) is 10.1 Å². The molecule has 0 aromatic heterocycles. The van der Waals surface area contributed by atoms with Gasteiger partial charge < -0.3 is 16.0 Å². The van der Waals surface area contributed by atoms with Crippen molar-refractivity contribution in [1.29, 1.82) is 0 Å². The number of hydrogen-bond donors (Lipinski definition) is 3. The Morgan fingerprint density at radius 2 is 2.08 bits per heavy atom. The van der Waals surface area contributed by atoms with Crippen LogP contribution in [0.1, 0.15) is 6.42 Å². The number of nitro benzene ring substituents is 1. The van der Waals surface area contributed by atoms with Gasteiger partial charge in [-0.15, -0.1) is 24.0 Å². The van der Waals surface area contributed by atoms with Crippen molar-refractivity contribution in [3.05, 3.63) is 34.4 Å². The van der Waals surface area contributed by atoms with Crippen LogP contribution in [0.5, 0.6) is 0 Å². The summed E-state index contributed by atoms with van der Waals surface area (Å²) in [4.78, 5) is 14.5. The van der Waals surface area contributed by atoms with Crippen molar-refractivity contribution < 1.29 is 13.3 Å². The fourth-order valence-corrected chi connectivity index (χ4v) is 4.13. The molecule has 2 rings (SSSR count). The number of para-hydroxylation sites is 2. The molecule has 1 aromatic carbocycles. The van der Waals surface area contributed by atoms with E-state index in [1.165, 1.54) is 6.07 Å². The molecule has 0 spiro atoms. The maximum absolute atomic E-state index is 11.4. The molecule has 1 aromatic rings. The Bertz CT molecular complexity index is 726. The molecule has 1 aliphatic heterocycles. The lowest BCUT2D eigenvalue weighted by atomic mass is 10.2. The maximum Gasteiger partial charge on any atom is 0.292 e. The van der Waals surface area contributed by atoms with E-state index in [2.05, 4.69) is 20.9 Å². The highest BCUT2D eigenvalue weighted by atomic mass is 127. The number of nitrogens with one attached hydrogen (secondary N) is 3. The van der Waals surface area contributed by atoms with Gasteiger partial charge in [0.05, 0.1) is 16.4 Å². The van der Waals surface area contributed by atoms with E-state index in [0.717, 1.165) is 0 Å². The van der Waals surface area contributed by atoms with Gasteiger partial charge in [0.1, 0.15) is 5.69 Å². The van der Waals surface area contributed by atoms with E-state index in [1.54, 1.807) is 25.2 Å². The number of nitro groups is 1. The number of sulfone groups is 1. The molecule has 1 fully saturated rings. The summed E-state index contributed by atoms with van der Waals surface area (Å²) in [6, 6.07) is 6.29. The van der Waals surface area contributed by atoms with Crippen LogP contribution in [0.25, 0.3) is 0 Å². The first kappa shape index (κ1) is 21.4. The van der Waals surface area contributed by atoms with Gasteiger partial charge in [-0.3, -0.25) is 15.1 Å². The predicted octanol–water partition coefficient (Wildman–Crippen LogP) is 0.977. The van der Waals surface area contributed by atoms with E-state index < -0.39 is 14.8 Å². The third kappa shape index (κ3) is 6.65. The third-order valence-corrected chi connectivity index (χ3v) is 5.40.